The summed E-state index contributed by atoms with van der Waals surface area (Å²) in [6.45, 7) is 3.21. The molecule has 3 nitrogen and oxygen atoms in total. The molecule has 0 saturated heterocycles. The van der Waals surface area contributed by atoms with E-state index in [4.69, 9.17) is 4.74 Å². The van der Waals surface area contributed by atoms with Crippen molar-refractivity contribution < 1.29 is 4.74 Å². The third kappa shape index (κ3) is 3.47. The van der Waals surface area contributed by atoms with Crippen LogP contribution in [-0.2, 0) is 6.54 Å². The van der Waals surface area contributed by atoms with E-state index >= 15 is 0 Å². The highest BCUT2D eigenvalue weighted by Gasteiger charge is 2.24. The fourth-order valence-electron chi connectivity index (χ4n) is 2.82. The molecule has 2 aliphatic rings. The van der Waals surface area contributed by atoms with Gasteiger partial charge < -0.3 is 10.1 Å². The van der Waals surface area contributed by atoms with E-state index in [0.717, 1.165) is 18.3 Å². The molecule has 1 N–H and O–H groups in total. The van der Waals surface area contributed by atoms with Crippen LogP contribution in [0.25, 0.3) is 0 Å². The van der Waals surface area contributed by atoms with Crippen LogP contribution in [0.1, 0.15) is 51.0 Å². The van der Waals surface area contributed by atoms with Crippen LogP contribution in [0, 0.1) is 5.92 Å². The fraction of sp³-hybridized carbons (Fsp3) is 0.688. The van der Waals surface area contributed by atoms with Gasteiger partial charge in [-0.15, -0.1) is 0 Å². The average Bonchev–Trinajstić information content (AvgIpc) is 3.24. The number of hydrogen-bond donors (Lipinski definition) is 1. The van der Waals surface area contributed by atoms with Crippen molar-refractivity contribution in [3.8, 4) is 5.75 Å². The standard InChI is InChI=1S/C16H24N2O/c1-12-4-2-3-5-15(12)19-16-11-17-9-8-13(16)10-18-14-6-7-14/h8-9,11-12,14-15,18H,2-7,10H2,1H3. The first-order chi connectivity index (χ1) is 9.33. The Morgan fingerprint density at radius 3 is 2.89 bits per heavy atom. The molecule has 2 fully saturated rings. The predicted octanol–water partition coefficient (Wildman–Crippen LogP) is 3.29. The first kappa shape index (κ1) is 12.9. The van der Waals surface area contributed by atoms with Gasteiger partial charge in [-0.1, -0.05) is 13.3 Å². The van der Waals surface area contributed by atoms with Gasteiger partial charge in [0.15, 0.2) is 0 Å². The maximum Gasteiger partial charge on any atom is 0.142 e. The van der Waals surface area contributed by atoms with E-state index in [9.17, 15) is 0 Å². The van der Waals surface area contributed by atoms with Crippen molar-refractivity contribution in [2.45, 2.75) is 64.1 Å². The maximum absolute atomic E-state index is 6.25. The van der Waals surface area contributed by atoms with Crippen molar-refractivity contribution in [1.29, 1.82) is 0 Å². The maximum atomic E-state index is 6.25. The van der Waals surface area contributed by atoms with Gasteiger partial charge in [0.2, 0.25) is 0 Å². The fourth-order valence-corrected chi connectivity index (χ4v) is 2.82. The molecule has 1 heterocycles. The summed E-state index contributed by atoms with van der Waals surface area (Å²) in [5, 5.41) is 3.55. The van der Waals surface area contributed by atoms with E-state index in [0.29, 0.717) is 12.0 Å². The Kier molecular flexibility index (Phi) is 4.02. The van der Waals surface area contributed by atoms with Gasteiger partial charge in [0.1, 0.15) is 11.9 Å². The highest BCUT2D eigenvalue weighted by atomic mass is 16.5. The van der Waals surface area contributed by atoms with Crippen LogP contribution in [0.2, 0.25) is 0 Å². The molecule has 3 heteroatoms. The minimum absolute atomic E-state index is 0.373. The molecular weight excluding hydrogens is 236 g/mol. The van der Waals surface area contributed by atoms with Crippen LogP contribution in [0.3, 0.4) is 0 Å². The Morgan fingerprint density at radius 1 is 1.26 bits per heavy atom. The largest absolute Gasteiger partial charge is 0.488 e. The minimum Gasteiger partial charge on any atom is -0.488 e. The Balaban J connectivity index is 1.64. The van der Waals surface area contributed by atoms with Crippen molar-refractivity contribution >= 4 is 0 Å². The molecule has 19 heavy (non-hydrogen) atoms. The monoisotopic (exact) mass is 260 g/mol. The van der Waals surface area contributed by atoms with Crippen molar-refractivity contribution in [2.75, 3.05) is 0 Å². The summed E-state index contributed by atoms with van der Waals surface area (Å²) in [5.74, 6) is 1.65. The Bertz CT molecular complexity index is 417. The van der Waals surface area contributed by atoms with Gasteiger partial charge >= 0.3 is 0 Å². The molecule has 1 aromatic heterocycles. The molecule has 0 aromatic carbocycles. The first-order valence-electron chi connectivity index (χ1n) is 7.66. The molecule has 1 aromatic rings. The molecule has 0 bridgehead atoms. The van der Waals surface area contributed by atoms with E-state index in [1.54, 1.807) is 0 Å². The molecule has 0 radical (unpaired) electrons. The van der Waals surface area contributed by atoms with Crippen molar-refractivity contribution in [3.63, 3.8) is 0 Å². The van der Waals surface area contributed by atoms with E-state index in [2.05, 4.69) is 23.3 Å². The van der Waals surface area contributed by atoms with E-state index in [-0.39, 0.29) is 0 Å². The van der Waals surface area contributed by atoms with Crippen molar-refractivity contribution in [2.24, 2.45) is 5.92 Å². The summed E-state index contributed by atoms with van der Waals surface area (Å²) in [6, 6.07) is 2.81. The van der Waals surface area contributed by atoms with Gasteiger partial charge in [-0.3, -0.25) is 4.98 Å². The second-order valence-electron chi connectivity index (χ2n) is 6.06. The summed E-state index contributed by atoms with van der Waals surface area (Å²) in [6.07, 6.45) is 11.9. The minimum atomic E-state index is 0.373. The third-order valence-corrected chi connectivity index (χ3v) is 4.34. The van der Waals surface area contributed by atoms with Gasteiger partial charge in [0.25, 0.3) is 0 Å². The molecule has 2 atom stereocenters. The lowest BCUT2D eigenvalue weighted by atomic mass is 9.88. The lowest BCUT2D eigenvalue weighted by Crippen LogP contribution is -2.29. The highest BCUT2D eigenvalue weighted by Crippen LogP contribution is 2.29. The summed E-state index contributed by atoms with van der Waals surface area (Å²) >= 11 is 0. The number of aromatic nitrogens is 1. The van der Waals surface area contributed by atoms with Crippen LogP contribution < -0.4 is 10.1 Å². The van der Waals surface area contributed by atoms with Crippen LogP contribution in [-0.4, -0.2) is 17.1 Å². The second kappa shape index (κ2) is 5.91. The Hall–Kier alpha value is -1.09. The van der Waals surface area contributed by atoms with Crippen molar-refractivity contribution in [1.82, 2.24) is 10.3 Å². The van der Waals surface area contributed by atoms with E-state index < -0.39 is 0 Å². The summed E-state index contributed by atoms with van der Waals surface area (Å²) in [7, 11) is 0. The zero-order valence-corrected chi connectivity index (χ0v) is 11.8. The molecule has 2 saturated carbocycles. The quantitative estimate of drug-likeness (QED) is 0.882. The first-order valence-corrected chi connectivity index (χ1v) is 7.66. The lowest BCUT2D eigenvalue weighted by Gasteiger charge is -2.30. The van der Waals surface area contributed by atoms with Crippen LogP contribution in [0.4, 0.5) is 0 Å². The molecule has 2 unspecified atom stereocenters. The summed E-state index contributed by atoms with van der Waals surface area (Å²) in [5.41, 5.74) is 1.25. The van der Waals surface area contributed by atoms with Crippen LogP contribution in [0.15, 0.2) is 18.5 Å². The second-order valence-corrected chi connectivity index (χ2v) is 6.06. The molecule has 2 aliphatic carbocycles. The molecule has 104 valence electrons. The number of nitrogens with one attached hydrogen (secondary N) is 1. The average molecular weight is 260 g/mol. The van der Waals surface area contributed by atoms with Gasteiger partial charge in [-0.05, 0) is 44.1 Å². The zero-order valence-electron chi connectivity index (χ0n) is 11.8. The van der Waals surface area contributed by atoms with E-state index in [1.807, 2.05) is 12.4 Å². The van der Waals surface area contributed by atoms with Crippen molar-refractivity contribution in [3.05, 3.63) is 24.0 Å². The molecule has 0 amide bonds. The smallest absolute Gasteiger partial charge is 0.142 e. The summed E-state index contributed by atoms with van der Waals surface area (Å²) in [4.78, 5) is 4.23. The molecule has 3 rings (SSSR count). The zero-order chi connectivity index (χ0) is 13.1. The van der Waals surface area contributed by atoms with Gasteiger partial charge in [0, 0.05) is 24.3 Å². The van der Waals surface area contributed by atoms with Gasteiger partial charge in [-0.2, -0.15) is 0 Å². The highest BCUT2D eigenvalue weighted by molar-refractivity contribution is 5.30. The van der Waals surface area contributed by atoms with E-state index in [1.165, 1.54) is 44.1 Å². The molecule has 0 aliphatic heterocycles. The Morgan fingerprint density at radius 2 is 2.11 bits per heavy atom. The Labute approximate surface area is 115 Å². The normalized spacial score (nSPS) is 27.2. The van der Waals surface area contributed by atoms with Gasteiger partial charge in [0.05, 0.1) is 6.20 Å². The number of hydrogen-bond acceptors (Lipinski definition) is 3. The third-order valence-electron chi connectivity index (χ3n) is 4.34. The number of pyridine rings is 1. The number of ether oxygens (including phenoxy) is 1. The molecule has 0 spiro atoms. The van der Waals surface area contributed by atoms with Gasteiger partial charge in [-0.25, -0.2) is 0 Å². The topological polar surface area (TPSA) is 34.1 Å². The number of rotatable bonds is 5. The molecular formula is C16H24N2O. The lowest BCUT2D eigenvalue weighted by molar-refractivity contribution is 0.101. The predicted molar refractivity (Wildman–Crippen MR) is 76.1 cm³/mol. The SMILES string of the molecule is CC1CCCCC1Oc1cnccc1CNC1CC1. The summed E-state index contributed by atoms with van der Waals surface area (Å²) < 4.78 is 6.25. The van der Waals surface area contributed by atoms with Crippen LogP contribution in [0.5, 0.6) is 5.75 Å². The van der Waals surface area contributed by atoms with Crippen LogP contribution >= 0.6 is 0 Å². The number of nitrogens with zero attached hydrogens (tertiary/aromatic N) is 1.